The zero-order valence-electron chi connectivity index (χ0n) is 56.3. The zero-order chi connectivity index (χ0) is 60.4. The molecule has 0 spiro atoms. The average Bonchev–Trinajstić information content (AvgIpc) is 1.60. The van der Waals surface area contributed by atoms with Gasteiger partial charge in [0, 0.05) is 43.6 Å². The fourth-order valence-corrected chi connectivity index (χ4v) is 6.45. The van der Waals surface area contributed by atoms with Crippen LogP contribution in [0.15, 0.2) is 187 Å². The minimum Gasteiger partial charge on any atom is -0.309 e. The molecule has 0 atom stereocenters. The molecule has 0 N–H and O–H groups in total. The van der Waals surface area contributed by atoms with Gasteiger partial charge in [-0.2, -0.15) is 0 Å². The van der Waals surface area contributed by atoms with Crippen molar-refractivity contribution >= 4 is 65.4 Å². The SMILES string of the molecule is [2H]c1c([2H])c([2H])c(-c2c([2H])c([2H])c([2H])c(-n3c4c([2H])c([2H])c([2H])c([2H])c4c4c([2H])c(-n5c6c([2H])c([2H])c([2H])c([2H])c6c6c([2H])c([2H])c([2H])c([2H])c65)c([2H])c([2H])c43)c2-n2c3c([2H])c([2H])c([2H])c([2H])c3c3c([2H])c([2H])c([2H])c([2H])c32)c([2H])c1[2H]. The summed E-state index contributed by atoms with van der Waals surface area (Å²) in [6, 6.07) is -31.1. The summed E-state index contributed by atoms with van der Waals surface area (Å²) in [5.41, 5.74) is -9.39. The second-order valence-corrected chi connectivity index (χ2v) is 11.0. The molecule has 0 saturated carbocycles. The van der Waals surface area contributed by atoms with Crippen LogP contribution < -0.4 is 0 Å². The number of aromatic nitrogens is 3. The molecule has 3 aromatic heterocycles. The van der Waals surface area contributed by atoms with E-state index in [4.69, 9.17) is 23.3 Å². The molecule has 11 aromatic rings. The molecule has 3 heterocycles. The third-order valence-corrected chi connectivity index (χ3v) is 8.46. The molecule has 3 nitrogen and oxygen atoms in total. The number of fused-ring (bicyclic) bond motifs is 9. The van der Waals surface area contributed by atoms with E-state index in [0.717, 1.165) is 4.57 Å². The van der Waals surface area contributed by atoms with Gasteiger partial charge in [0.25, 0.3) is 0 Å². The fourth-order valence-electron chi connectivity index (χ4n) is 6.45. The fraction of sp³-hybridized carbons (Fsp3) is 0. The van der Waals surface area contributed by atoms with Crippen LogP contribution >= 0.6 is 0 Å². The largest absolute Gasteiger partial charge is 0.309 e. The average molecular weight is 681 g/mol. The number of nitrogens with zero attached hydrogens (tertiary/aromatic N) is 3. The molecular formula is C48H31N3. The molecule has 8 aromatic carbocycles. The van der Waals surface area contributed by atoms with Gasteiger partial charge in [0.15, 0.2) is 0 Å². The van der Waals surface area contributed by atoms with Gasteiger partial charge in [-0.25, -0.2) is 0 Å². The molecule has 0 aliphatic heterocycles. The lowest BCUT2D eigenvalue weighted by atomic mass is 10.0. The topological polar surface area (TPSA) is 14.8 Å². The summed E-state index contributed by atoms with van der Waals surface area (Å²) >= 11 is 0. The molecule has 0 amide bonds. The Morgan fingerprint density at radius 2 is 0.745 bits per heavy atom. The normalized spacial score (nSPS) is 20.4. The van der Waals surface area contributed by atoms with Crippen molar-refractivity contribution < 1.29 is 42.5 Å². The number of hydrogen-bond donors (Lipinski definition) is 0. The summed E-state index contributed by atoms with van der Waals surface area (Å²) < 4.78 is 285. The van der Waals surface area contributed by atoms with Crippen molar-refractivity contribution in [3.63, 3.8) is 0 Å². The second kappa shape index (κ2) is 10.8. The van der Waals surface area contributed by atoms with Gasteiger partial charge in [0.1, 0.15) is 0 Å². The Hall–Kier alpha value is -6.84. The first kappa shape index (κ1) is 11.3. The smallest absolute Gasteiger partial charge is 0.0781 e. The van der Waals surface area contributed by atoms with E-state index in [-0.39, 0.29) is 0 Å². The van der Waals surface area contributed by atoms with Gasteiger partial charge < -0.3 is 13.7 Å². The van der Waals surface area contributed by atoms with Gasteiger partial charge >= 0.3 is 0 Å². The number of hydrogen-bond acceptors (Lipinski definition) is 0. The van der Waals surface area contributed by atoms with E-state index in [1.807, 2.05) is 0 Å². The van der Waals surface area contributed by atoms with Crippen molar-refractivity contribution in [1.82, 2.24) is 13.7 Å². The Balaban J connectivity index is 1.51. The maximum Gasteiger partial charge on any atom is 0.0781 e. The Kier molecular flexibility index (Phi) is 2.41. The maximum absolute atomic E-state index is 10.2. The van der Waals surface area contributed by atoms with Gasteiger partial charge in [-0.1, -0.05) is 133 Å². The molecule has 0 radical (unpaired) electrons. The molecule has 51 heavy (non-hydrogen) atoms. The van der Waals surface area contributed by atoms with E-state index in [2.05, 4.69) is 0 Å². The lowest BCUT2D eigenvalue weighted by molar-refractivity contribution is 1.10. The summed E-state index contributed by atoms with van der Waals surface area (Å²) in [6.45, 7) is 0. The quantitative estimate of drug-likeness (QED) is 0.176. The van der Waals surface area contributed by atoms with E-state index < -0.39 is 281 Å². The molecule has 11 rings (SSSR count). The highest BCUT2D eigenvalue weighted by Gasteiger charge is 2.23. The summed E-state index contributed by atoms with van der Waals surface area (Å²) in [5.74, 6) is 0. The highest BCUT2D eigenvalue weighted by Crippen LogP contribution is 2.43. The maximum atomic E-state index is 10.2. The van der Waals surface area contributed by atoms with Crippen molar-refractivity contribution in [2.75, 3.05) is 0 Å². The Morgan fingerprint density at radius 3 is 1.29 bits per heavy atom. The standard InChI is InChI=1S/C48H31N3/c1-2-15-32(16-3-1)34-22-14-28-47(48(34)51-44-26-12-6-19-37(44)38-20-7-13-27-45(38)51)50-43-25-11-8-21-39(43)40-31-33(29-30-46(40)50)49-41-23-9-4-17-35(41)36-18-5-10-24-42(36)49/h1-31H/i1D,2D,3D,4D,5D,6D,7D,8D,9D,10D,11D,12D,13D,14D,15D,16D,17D,18D,19D,20D,21D,22D,23D,24D,25D,26D,27D,28D,29D,30D,31D. The molecule has 0 aliphatic carbocycles. The van der Waals surface area contributed by atoms with E-state index in [0.29, 0.717) is 9.13 Å². The summed E-state index contributed by atoms with van der Waals surface area (Å²) in [5, 5.41) is -3.83. The van der Waals surface area contributed by atoms with Crippen LogP contribution in [-0.4, -0.2) is 13.7 Å². The number of benzene rings is 8. The predicted molar refractivity (Wildman–Crippen MR) is 215 cm³/mol. The first-order valence-electron chi connectivity index (χ1n) is 30.5. The van der Waals surface area contributed by atoms with Gasteiger partial charge in [-0.05, 0) is 59.9 Å². The molecule has 3 heteroatoms. The lowest BCUT2D eigenvalue weighted by Gasteiger charge is -2.20. The van der Waals surface area contributed by atoms with E-state index in [9.17, 15) is 19.2 Å². The number of rotatable bonds is 4. The van der Waals surface area contributed by atoms with Crippen LogP contribution in [0.3, 0.4) is 0 Å². The summed E-state index contributed by atoms with van der Waals surface area (Å²) in [6.07, 6.45) is 0. The van der Waals surface area contributed by atoms with Gasteiger partial charge in [-0.3, -0.25) is 0 Å². The summed E-state index contributed by atoms with van der Waals surface area (Å²) in [4.78, 5) is 0. The summed E-state index contributed by atoms with van der Waals surface area (Å²) in [7, 11) is 0. The van der Waals surface area contributed by atoms with Crippen molar-refractivity contribution in [3.05, 3.63) is 187 Å². The monoisotopic (exact) mass is 680 g/mol. The second-order valence-electron chi connectivity index (χ2n) is 11.0. The lowest BCUT2D eigenvalue weighted by Crippen LogP contribution is -2.05. The molecule has 0 unspecified atom stereocenters. The van der Waals surface area contributed by atoms with E-state index in [1.165, 1.54) is 0 Å². The van der Waals surface area contributed by atoms with Crippen molar-refractivity contribution in [2.24, 2.45) is 0 Å². The Morgan fingerprint density at radius 1 is 0.314 bits per heavy atom. The number of para-hydroxylation sites is 6. The minimum atomic E-state index is -1.21. The van der Waals surface area contributed by atoms with Crippen LogP contribution in [0.5, 0.6) is 0 Å². The van der Waals surface area contributed by atoms with E-state index in [1.54, 1.807) is 0 Å². The van der Waals surface area contributed by atoms with Crippen LogP contribution in [0.25, 0.3) is 93.6 Å². The van der Waals surface area contributed by atoms with Gasteiger partial charge in [-0.15, -0.1) is 0 Å². The van der Waals surface area contributed by atoms with Gasteiger partial charge in [0.2, 0.25) is 0 Å². The van der Waals surface area contributed by atoms with Crippen LogP contribution in [-0.2, 0) is 0 Å². The Bertz CT molecular complexity index is 4750. The molecule has 0 bridgehead atoms. The molecule has 0 fully saturated rings. The molecule has 238 valence electrons. The Labute approximate surface area is 338 Å². The van der Waals surface area contributed by atoms with E-state index >= 15 is 0 Å². The van der Waals surface area contributed by atoms with Gasteiger partial charge in [0.05, 0.1) is 87.0 Å². The molecule has 0 aliphatic rings. The third kappa shape index (κ3) is 4.00. The highest BCUT2D eigenvalue weighted by molar-refractivity contribution is 6.14. The zero-order valence-corrected chi connectivity index (χ0v) is 25.3. The molecular weight excluding hydrogens is 619 g/mol. The van der Waals surface area contributed by atoms with Crippen molar-refractivity contribution in [3.8, 4) is 28.2 Å². The predicted octanol–water partition coefficient (Wildman–Crippen LogP) is 12.6. The van der Waals surface area contributed by atoms with Crippen LogP contribution in [0, 0.1) is 0 Å². The highest BCUT2D eigenvalue weighted by atomic mass is 15.1. The first-order chi connectivity index (χ1) is 38.2. The third-order valence-electron chi connectivity index (χ3n) is 8.46. The van der Waals surface area contributed by atoms with Crippen molar-refractivity contribution in [1.29, 1.82) is 0 Å². The van der Waals surface area contributed by atoms with Crippen LogP contribution in [0.2, 0.25) is 0 Å². The molecule has 0 saturated heterocycles. The minimum absolute atomic E-state index is 0.521. The van der Waals surface area contributed by atoms with Crippen molar-refractivity contribution in [2.45, 2.75) is 0 Å². The van der Waals surface area contributed by atoms with Crippen LogP contribution in [0.4, 0.5) is 0 Å². The van der Waals surface area contributed by atoms with Crippen LogP contribution in [0.1, 0.15) is 42.5 Å². The first-order valence-corrected chi connectivity index (χ1v) is 15.0.